The Morgan fingerprint density at radius 3 is 2.28 bits per heavy atom. The number of benzene rings is 1. The van der Waals surface area contributed by atoms with Gasteiger partial charge in [-0.3, -0.25) is 4.98 Å². The molecule has 0 aliphatic carbocycles. The monoisotopic (exact) mass is 241 g/mol. The van der Waals surface area contributed by atoms with Gasteiger partial charge in [0.2, 0.25) is 0 Å². The summed E-state index contributed by atoms with van der Waals surface area (Å²) in [7, 11) is 0. The maximum absolute atomic E-state index is 11.1. The van der Waals surface area contributed by atoms with E-state index in [-0.39, 0.29) is 5.56 Å². The fourth-order valence-corrected chi connectivity index (χ4v) is 2.14. The van der Waals surface area contributed by atoms with Gasteiger partial charge < -0.3 is 5.11 Å². The van der Waals surface area contributed by atoms with Crippen LogP contribution in [-0.4, -0.2) is 16.1 Å². The molecular formula is C15H15NO2. The van der Waals surface area contributed by atoms with E-state index in [1.54, 1.807) is 12.1 Å². The van der Waals surface area contributed by atoms with E-state index in [9.17, 15) is 4.79 Å². The lowest BCUT2D eigenvalue weighted by atomic mass is 9.98. The van der Waals surface area contributed by atoms with Crippen LogP contribution in [0.5, 0.6) is 0 Å². The smallest absolute Gasteiger partial charge is 0.335 e. The highest BCUT2D eigenvalue weighted by Gasteiger charge is 2.11. The minimum Gasteiger partial charge on any atom is -0.478 e. The SMILES string of the molecule is Cc1cc(C(=O)O)cc(-c2c(C)cccc2C)n1. The van der Waals surface area contributed by atoms with E-state index < -0.39 is 5.97 Å². The van der Waals surface area contributed by atoms with E-state index in [4.69, 9.17) is 5.11 Å². The molecule has 3 heteroatoms. The fraction of sp³-hybridized carbons (Fsp3) is 0.200. The molecule has 0 atom stereocenters. The van der Waals surface area contributed by atoms with Gasteiger partial charge in [-0.25, -0.2) is 4.79 Å². The van der Waals surface area contributed by atoms with Gasteiger partial charge in [-0.15, -0.1) is 0 Å². The van der Waals surface area contributed by atoms with Crippen LogP contribution in [0.15, 0.2) is 30.3 Å². The number of carboxylic acids is 1. The first-order valence-electron chi connectivity index (χ1n) is 5.77. The molecule has 2 rings (SSSR count). The van der Waals surface area contributed by atoms with E-state index in [1.807, 2.05) is 39.0 Å². The quantitative estimate of drug-likeness (QED) is 0.876. The van der Waals surface area contributed by atoms with Gasteiger partial charge in [0.1, 0.15) is 0 Å². The van der Waals surface area contributed by atoms with Crippen LogP contribution in [0, 0.1) is 20.8 Å². The average molecular weight is 241 g/mol. The average Bonchev–Trinajstić information content (AvgIpc) is 2.28. The van der Waals surface area contributed by atoms with Crippen molar-refractivity contribution in [3.05, 3.63) is 52.7 Å². The van der Waals surface area contributed by atoms with E-state index in [1.165, 1.54) is 0 Å². The highest BCUT2D eigenvalue weighted by molar-refractivity contribution is 5.89. The Labute approximate surface area is 106 Å². The lowest BCUT2D eigenvalue weighted by molar-refractivity contribution is 0.0696. The predicted molar refractivity (Wildman–Crippen MR) is 70.8 cm³/mol. The Hall–Kier alpha value is -2.16. The predicted octanol–water partition coefficient (Wildman–Crippen LogP) is 3.37. The molecule has 0 aliphatic rings. The number of carbonyl (C=O) groups is 1. The molecule has 0 fully saturated rings. The normalized spacial score (nSPS) is 10.4. The Morgan fingerprint density at radius 2 is 1.72 bits per heavy atom. The highest BCUT2D eigenvalue weighted by Crippen LogP contribution is 2.26. The molecule has 2 aromatic rings. The molecule has 0 unspecified atom stereocenters. The molecular weight excluding hydrogens is 226 g/mol. The van der Waals surface area contributed by atoms with Crippen molar-refractivity contribution in [1.29, 1.82) is 0 Å². The second-order valence-electron chi connectivity index (χ2n) is 4.45. The molecule has 0 saturated heterocycles. The van der Waals surface area contributed by atoms with Crippen LogP contribution in [0.1, 0.15) is 27.2 Å². The number of rotatable bonds is 2. The molecule has 1 aromatic heterocycles. The Balaban J connectivity index is 2.68. The second-order valence-corrected chi connectivity index (χ2v) is 4.45. The third kappa shape index (κ3) is 2.25. The first-order valence-corrected chi connectivity index (χ1v) is 5.77. The van der Waals surface area contributed by atoms with Gasteiger partial charge in [-0.1, -0.05) is 18.2 Å². The number of carboxylic acid groups (broad SMARTS) is 1. The molecule has 0 bridgehead atoms. The van der Waals surface area contributed by atoms with Crippen LogP contribution >= 0.6 is 0 Å². The van der Waals surface area contributed by atoms with E-state index in [0.29, 0.717) is 5.69 Å². The summed E-state index contributed by atoms with van der Waals surface area (Å²) in [5.74, 6) is -0.923. The number of aromatic carboxylic acids is 1. The second kappa shape index (κ2) is 4.61. The van der Waals surface area contributed by atoms with Gasteiger partial charge in [0.05, 0.1) is 11.3 Å². The Morgan fingerprint density at radius 1 is 1.11 bits per heavy atom. The zero-order chi connectivity index (χ0) is 13.3. The summed E-state index contributed by atoms with van der Waals surface area (Å²) in [5.41, 5.74) is 4.94. The molecule has 1 aromatic carbocycles. The van der Waals surface area contributed by atoms with Crippen molar-refractivity contribution in [2.75, 3.05) is 0 Å². The number of aromatic nitrogens is 1. The van der Waals surface area contributed by atoms with Gasteiger partial charge in [-0.2, -0.15) is 0 Å². The Bertz CT molecular complexity index is 598. The van der Waals surface area contributed by atoms with Crippen molar-refractivity contribution in [2.45, 2.75) is 20.8 Å². The van der Waals surface area contributed by atoms with Crippen molar-refractivity contribution >= 4 is 5.97 Å². The van der Waals surface area contributed by atoms with Gasteiger partial charge in [-0.05, 0) is 44.0 Å². The molecule has 0 amide bonds. The van der Waals surface area contributed by atoms with Crippen molar-refractivity contribution in [3.8, 4) is 11.3 Å². The summed E-state index contributed by atoms with van der Waals surface area (Å²) in [6, 6.07) is 9.21. The minimum atomic E-state index is -0.923. The van der Waals surface area contributed by atoms with Gasteiger partial charge >= 0.3 is 5.97 Å². The van der Waals surface area contributed by atoms with Crippen LogP contribution in [0.2, 0.25) is 0 Å². The highest BCUT2D eigenvalue weighted by atomic mass is 16.4. The summed E-state index contributed by atoms with van der Waals surface area (Å²) in [4.78, 5) is 15.5. The minimum absolute atomic E-state index is 0.278. The summed E-state index contributed by atoms with van der Waals surface area (Å²) < 4.78 is 0. The Kier molecular flexibility index (Phi) is 3.15. The maximum atomic E-state index is 11.1. The molecule has 0 saturated carbocycles. The molecule has 0 spiro atoms. The number of pyridine rings is 1. The van der Waals surface area contributed by atoms with Crippen LogP contribution in [0.25, 0.3) is 11.3 Å². The van der Waals surface area contributed by atoms with E-state index >= 15 is 0 Å². The summed E-state index contributed by atoms with van der Waals surface area (Å²) in [5, 5.41) is 9.09. The summed E-state index contributed by atoms with van der Waals surface area (Å²) in [6.45, 7) is 5.82. The van der Waals surface area contributed by atoms with Crippen molar-refractivity contribution in [1.82, 2.24) is 4.98 Å². The van der Waals surface area contributed by atoms with E-state index in [0.717, 1.165) is 22.4 Å². The molecule has 0 aliphatic heterocycles. The first kappa shape index (κ1) is 12.3. The number of hydrogen-bond donors (Lipinski definition) is 1. The van der Waals surface area contributed by atoms with Gasteiger partial charge in [0.25, 0.3) is 0 Å². The van der Waals surface area contributed by atoms with Gasteiger partial charge in [0, 0.05) is 11.3 Å². The molecule has 18 heavy (non-hydrogen) atoms. The number of nitrogens with zero attached hydrogens (tertiary/aromatic N) is 1. The zero-order valence-corrected chi connectivity index (χ0v) is 10.7. The summed E-state index contributed by atoms with van der Waals surface area (Å²) >= 11 is 0. The standard InChI is InChI=1S/C15H15NO2/c1-9-5-4-6-10(2)14(9)13-8-12(15(17)18)7-11(3)16-13/h4-8H,1-3H3,(H,17,18). The molecule has 1 heterocycles. The summed E-state index contributed by atoms with van der Waals surface area (Å²) in [6.07, 6.45) is 0. The lowest BCUT2D eigenvalue weighted by Crippen LogP contribution is -2.01. The first-order chi connectivity index (χ1) is 8.49. The van der Waals surface area contributed by atoms with Crippen molar-refractivity contribution in [3.63, 3.8) is 0 Å². The molecule has 3 nitrogen and oxygen atoms in total. The van der Waals surface area contributed by atoms with Gasteiger partial charge in [0.15, 0.2) is 0 Å². The fourth-order valence-electron chi connectivity index (χ4n) is 2.14. The number of aryl methyl sites for hydroxylation is 3. The third-order valence-corrected chi connectivity index (χ3v) is 2.94. The molecule has 0 radical (unpaired) electrons. The number of hydrogen-bond acceptors (Lipinski definition) is 2. The third-order valence-electron chi connectivity index (χ3n) is 2.94. The molecule has 92 valence electrons. The van der Waals surface area contributed by atoms with Crippen molar-refractivity contribution < 1.29 is 9.90 Å². The van der Waals surface area contributed by atoms with E-state index in [2.05, 4.69) is 4.98 Å². The zero-order valence-electron chi connectivity index (χ0n) is 10.7. The van der Waals surface area contributed by atoms with Crippen LogP contribution < -0.4 is 0 Å². The van der Waals surface area contributed by atoms with Crippen molar-refractivity contribution in [2.24, 2.45) is 0 Å². The lowest BCUT2D eigenvalue weighted by Gasteiger charge is -2.10. The topological polar surface area (TPSA) is 50.2 Å². The molecule has 1 N–H and O–H groups in total. The maximum Gasteiger partial charge on any atom is 0.335 e. The van der Waals surface area contributed by atoms with Crippen LogP contribution in [0.4, 0.5) is 0 Å². The van der Waals surface area contributed by atoms with Crippen LogP contribution in [0.3, 0.4) is 0 Å². The van der Waals surface area contributed by atoms with Crippen LogP contribution in [-0.2, 0) is 0 Å². The largest absolute Gasteiger partial charge is 0.478 e.